The summed E-state index contributed by atoms with van der Waals surface area (Å²) in [4.78, 5) is 6.89. The van der Waals surface area contributed by atoms with Crippen molar-refractivity contribution in [2.75, 3.05) is 26.2 Å². The number of halogens is 1. The molecule has 0 aliphatic carbocycles. The second kappa shape index (κ2) is 7.77. The van der Waals surface area contributed by atoms with Gasteiger partial charge in [0.15, 0.2) is 5.96 Å². The zero-order valence-corrected chi connectivity index (χ0v) is 14.5. The summed E-state index contributed by atoms with van der Waals surface area (Å²) in [5, 5.41) is 3.22. The average Bonchev–Trinajstić information content (AvgIpc) is 2.99. The number of likely N-dealkylation sites (tertiary alicyclic amines) is 1. The first-order chi connectivity index (χ1) is 10.9. The highest BCUT2D eigenvalue weighted by molar-refractivity contribution is 5.77. The summed E-state index contributed by atoms with van der Waals surface area (Å²) in [6, 6.07) is 7.39. The van der Waals surface area contributed by atoms with Gasteiger partial charge in [-0.2, -0.15) is 0 Å². The molecule has 1 atom stereocenters. The van der Waals surface area contributed by atoms with Gasteiger partial charge in [-0.1, -0.05) is 39.0 Å². The Kier molecular flexibility index (Phi) is 5.99. The quantitative estimate of drug-likeness (QED) is 0.625. The van der Waals surface area contributed by atoms with Crippen molar-refractivity contribution in [2.45, 2.75) is 45.1 Å². The van der Waals surface area contributed by atoms with Crippen LogP contribution >= 0.6 is 0 Å². The first-order valence-corrected chi connectivity index (χ1v) is 8.47. The van der Waals surface area contributed by atoms with Crippen LogP contribution in [-0.2, 0) is 5.41 Å². The van der Waals surface area contributed by atoms with Crippen LogP contribution in [0.25, 0.3) is 0 Å². The van der Waals surface area contributed by atoms with E-state index in [1.54, 1.807) is 6.07 Å². The molecule has 1 aliphatic heterocycles. The smallest absolute Gasteiger partial charge is 0.188 e. The third-order valence-corrected chi connectivity index (χ3v) is 4.67. The van der Waals surface area contributed by atoms with Crippen molar-refractivity contribution < 1.29 is 4.39 Å². The molecule has 3 N–H and O–H groups in total. The fourth-order valence-corrected chi connectivity index (χ4v) is 3.20. The Hall–Kier alpha value is -1.62. The van der Waals surface area contributed by atoms with Crippen molar-refractivity contribution in [3.63, 3.8) is 0 Å². The van der Waals surface area contributed by atoms with Gasteiger partial charge in [0.2, 0.25) is 0 Å². The largest absolute Gasteiger partial charge is 0.370 e. The van der Waals surface area contributed by atoms with Crippen molar-refractivity contribution in [2.24, 2.45) is 10.7 Å². The predicted molar refractivity (Wildman–Crippen MR) is 94.2 cm³/mol. The van der Waals surface area contributed by atoms with Crippen molar-refractivity contribution >= 4 is 5.96 Å². The number of nitrogens with two attached hydrogens (primary N) is 1. The molecule has 0 bridgehead atoms. The fraction of sp³-hybridized carbons (Fsp3) is 0.611. The molecule has 1 aliphatic rings. The molecule has 5 heteroatoms. The van der Waals surface area contributed by atoms with Gasteiger partial charge in [0.25, 0.3) is 0 Å². The topological polar surface area (TPSA) is 53.6 Å². The Labute approximate surface area is 139 Å². The molecule has 1 aromatic rings. The highest BCUT2D eigenvalue weighted by Gasteiger charge is 2.24. The molecule has 0 amide bonds. The van der Waals surface area contributed by atoms with E-state index < -0.39 is 0 Å². The summed E-state index contributed by atoms with van der Waals surface area (Å²) in [7, 11) is 0. The Morgan fingerprint density at radius 1 is 1.43 bits per heavy atom. The normalized spacial score (nSPS) is 20.0. The Morgan fingerprint density at radius 3 is 2.87 bits per heavy atom. The second-order valence-electron chi connectivity index (χ2n) is 6.87. The van der Waals surface area contributed by atoms with Gasteiger partial charge in [0.05, 0.1) is 6.54 Å². The van der Waals surface area contributed by atoms with E-state index in [2.05, 4.69) is 22.1 Å². The maximum absolute atomic E-state index is 13.9. The van der Waals surface area contributed by atoms with E-state index in [0.717, 1.165) is 13.1 Å². The first-order valence-electron chi connectivity index (χ1n) is 8.47. The van der Waals surface area contributed by atoms with Crippen LogP contribution in [0.5, 0.6) is 0 Å². The molecule has 2 rings (SSSR count). The van der Waals surface area contributed by atoms with Crippen LogP contribution in [0.2, 0.25) is 0 Å². The monoisotopic (exact) mass is 320 g/mol. The maximum atomic E-state index is 13.9. The zero-order valence-electron chi connectivity index (χ0n) is 14.5. The van der Waals surface area contributed by atoms with E-state index in [9.17, 15) is 4.39 Å². The number of guanidine groups is 1. The minimum absolute atomic E-state index is 0.191. The van der Waals surface area contributed by atoms with Gasteiger partial charge in [-0.3, -0.25) is 9.89 Å². The molecule has 0 saturated carbocycles. The van der Waals surface area contributed by atoms with Crippen molar-refractivity contribution in [1.29, 1.82) is 0 Å². The molecule has 1 saturated heterocycles. The molecule has 1 heterocycles. The molecule has 23 heavy (non-hydrogen) atoms. The van der Waals surface area contributed by atoms with E-state index in [1.165, 1.54) is 25.5 Å². The average molecular weight is 320 g/mol. The standard InChI is InChI=1S/C18H29FN4/c1-4-23-11-7-8-14(23)12-21-17(20)22-13-18(2,3)15-9-5-6-10-16(15)19/h5-6,9-10,14H,4,7-8,11-13H2,1-3H3,(H3,20,21,22). The lowest BCUT2D eigenvalue weighted by Gasteiger charge is -2.25. The molecule has 1 unspecified atom stereocenters. The van der Waals surface area contributed by atoms with Crippen LogP contribution < -0.4 is 11.1 Å². The summed E-state index contributed by atoms with van der Waals surface area (Å²) < 4.78 is 13.9. The van der Waals surface area contributed by atoms with Crippen LogP contribution in [0.15, 0.2) is 29.3 Å². The van der Waals surface area contributed by atoms with Gasteiger partial charge < -0.3 is 11.1 Å². The van der Waals surface area contributed by atoms with E-state index in [4.69, 9.17) is 5.73 Å². The SMILES string of the molecule is CCN1CCCC1CNC(N)=NCC(C)(C)c1ccccc1F. The summed E-state index contributed by atoms with van der Waals surface area (Å²) in [6.07, 6.45) is 2.45. The number of hydrogen-bond donors (Lipinski definition) is 2. The summed E-state index contributed by atoms with van der Waals surface area (Å²) in [6.45, 7) is 9.67. The van der Waals surface area contributed by atoms with Crippen LogP contribution in [-0.4, -0.2) is 43.1 Å². The number of rotatable bonds is 6. The molecule has 128 valence electrons. The summed E-state index contributed by atoms with van der Waals surface area (Å²) in [5.74, 6) is 0.251. The number of benzene rings is 1. The van der Waals surface area contributed by atoms with Crippen LogP contribution in [0.3, 0.4) is 0 Å². The number of aliphatic imine (C=N–C) groups is 1. The third kappa shape index (κ3) is 4.67. The van der Waals surface area contributed by atoms with Gasteiger partial charge in [0.1, 0.15) is 5.82 Å². The van der Waals surface area contributed by atoms with Crippen molar-refractivity contribution in [3.05, 3.63) is 35.6 Å². The van der Waals surface area contributed by atoms with Gasteiger partial charge in [0, 0.05) is 18.0 Å². The highest BCUT2D eigenvalue weighted by atomic mass is 19.1. The Morgan fingerprint density at radius 2 is 2.17 bits per heavy atom. The molecule has 0 spiro atoms. The Bertz CT molecular complexity index is 542. The van der Waals surface area contributed by atoms with Crippen molar-refractivity contribution in [1.82, 2.24) is 10.2 Å². The molecule has 4 nitrogen and oxygen atoms in total. The maximum Gasteiger partial charge on any atom is 0.188 e. The number of nitrogens with zero attached hydrogens (tertiary/aromatic N) is 2. The number of hydrogen-bond acceptors (Lipinski definition) is 2. The van der Waals surface area contributed by atoms with Gasteiger partial charge >= 0.3 is 0 Å². The summed E-state index contributed by atoms with van der Waals surface area (Å²) in [5.41, 5.74) is 6.27. The van der Waals surface area contributed by atoms with Gasteiger partial charge in [-0.05, 0) is 37.6 Å². The molecular weight excluding hydrogens is 291 g/mol. The molecule has 1 fully saturated rings. The number of nitrogens with one attached hydrogen (secondary N) is 1. The van der Waals surface area contributed by atoms with E-state index in [1.807, 2.05) is 26.0 Å². The van der Waals surface area contributed by atoms with Crippen molar-refractivity contribution in [3.8, 4) is 0 Å². The highest BCUT2D eigenvalue weighted by Crippen LogP contribution is 2.25. The zero-order chi connectivity index (χ0) is 16.9. The molecule has 1 aromatic carbocycles. The third-order valence-electron chi connectivity index (χ3n) is 4.67. The van der Waals surface area contributed by atoms with E-state index in [0.29, 0.717) is 24.1 Å². The minimum Gasteiger partial charge on any atom is -0.370 e. The van der Waals surface area contributed by atoms with Gasteiger partial charge in [-0.15, -0.1) is 0 Å². The van der Waals surface area contributed by atoms with Crippen LogP contribution in [0.1, 0.15) is 39.2 Å². The lowest BCUT2D eigenvalue weighted by molar-refractivity contribution is 0.267. The second-order valence-corrected chi connectivity index (χ2v) is 6.87. The van der Waals surface area contributed by atoms with Crippen LogP contribution in [0, 0.1) is 5.82 Å². The van der Waals surface area contributed by atoms with E-state index >= 15 is 0 Å². The molecule has 0 aromatic heterocycles. The summed E-state index contributed by atoms with van der Waals surface area (Å²) >= 11 is 0. The first kappa shape index (κ1) is 17.7. The predicted octanol–water partition coefficient (Wildman–Crippen LogP) is 2.49. The number of likely N-dealkylation sites (N-methyl/N-ethyl adjacent to an activating group) is 1. The fourth-order valence-electron chi connectivity index (χ4n) is 3.20. The lowest BCUT2D eigenvalue weighted by Crippen LogP contribution is -2.43. The van der Waals surface area contributed by atoms with E-state index in [-0.39, 0.29) is 11.2 Å². The lowest BCUT2D eigenvalue weighted by atomic mass is 9.84. The van der Waals surface area contributed by atoms with Gasteiger partial charge in [-0.25, -0.2) is 4.39 Å². The molecule has 0 radical (unpaired) electrons. The van der Waals surface area contributed by atoms with Crippen LogP contribution in [0.4, 0.5) is 4.39 Å². The minimum atomic E-state index is -0.388. The Balaban J connectivity index is 1.90. The molecular formula is C18H29FN4.